The number of aromatic nitrogens is 2. The van der Waals surface area contributed by atoms with E-state index in [4.69, 9.17) is 21.1 Å². The van der Waals surface area contributed by atoms with Gasteiger partial charge in [-0.1, -0.05) is 217 Å². The molecule has 498 valence electrons. The van der Waals surface area contributed by atoms with Crippen LogP contribution in [0.3, 0.4) is 0 Å². The molecular weight excluding hydrogens is 1180 g/mol. The van der Waals surface area contributed by atoms with Crippen molar-refractivity contribution < 1.29 is 27.6 Å². The number of aromatic amines is 1. The number of halogens is 1. The third-order valence-corrected chi connectivity index (χ3v) is 22.1. The molecule has 5 aromatic rings. The van der Waals surface area contributed by atoms with Crippen LogP contribution in [0.2, 0.25) is 5.02 Å². The number of hydrogen-bond acceptors (Lipinski definition) is 11. The van der Waals surface area contributed by atoms with Crippen LogP contribution >= 0.6 is 11.6 Å². The zero-order valence-corrected chi connectivity index (χ0v) is 56.9. The number of nitro groups is 1. The summed E-state index contributed by atoms with van der Waals surface area (Å²) in [5, 5.41) is 18.0. The van der Waals surface area contributed by atoms with Crippen molar-refractivity contribution in [2.24, 2.45) is 16.7 Å². The first-order valence-electron chi connectivity index (χ1n) is 35.6. The van der Waals surface area contributed by atoms with Gasteiger partial charge in [-0.2, -0.15) is 0 Å². The fraction of sp³-hybridized carbons (Fsp3) is 0.627. The monoisotopic (exact) mass is 1290 g/mol. The van der Waals surface area contributed by atoms with Crippen LogP contribution in [0.4, 0.5) is 17.1 Å². The van der Waals surface area contributed by atoms with Crippen molar-refractivity contribution in [2.75, 3.05) is 62.7 Å². The molecule has 91 heavy (non-hydrogen) atoms. The van der Waals surface area contributed by atoms with Gasteiger partial charge in [-0.15, -0.1) is 0 Å². The van der Waals surface area contributed by atoms with Gasteiger partial charge in [-0.05, 0) is 121 Å². The molecule has 2 saturated heterocycles. The predicted octanol–water partition coefficient (Wildman–Crippen LogP) is 20.0. The molecule has 2 aromatic heterocycles. The first-order chi connectivity index (χ1) is 44.2. The van der Waals surface area contributed by atoms with E-state index < -0.39 is 20.9 Å². The number of hydrogen-bond donors (Lipinski definition) is 3. The molecule has 3 N–H and O–H groups in total. The lowest BCUT2D eigenvalue weighted by Crippen LogP contribution is -2.47. The van der Waals surface area contributed by atoms with Crippen LogP contribution in [-0.4, -0.2) is 86.6 Å². The van der Waals surface area contributed by atoms with Crippen LogP contribution in [0, 0.1) is 26.9 Å². The number of ether oxygens (including phenoxy) is 2. The van der Waals surface area contributed by atoms with Crippen molar-refractivity contribution >= 4 is 61.2 Å². The van der Waals surface area contributed by atoms with Gasteiger partial charge >= 0.3 is 0 Å². The maximum absolute atomic E-state index is 14.4. The van der Waals surface area contributed by atoms with E-state index in [1.165, 1.54) is 183 Å². The highest BCUT2D eigenvalue weighted by Gasteiger charge is 2.40. The van der Waals surface area contributed by atoms with Gasteiger partial charge in [0.1, 0.15) is 22.8 Å². The highest BCUT2D eigenvalue weighted by Crippen LogP contribution is 2.46. The molecule has 2 atom stereocenters. The molecule has 3 fully saturated rings. The molecule has 4 heterocycles. The second-order valence-corrected chi connectivity index (χ2v) is 30.2. The average molecular weight is 1290 g/mol. The molecule has 2 unspecified atom stereocenters. The molecule has 1 saturated carbocycles. The second-order valence-electron chi connectivity index (χ2n) is 28.1. The number of nitrogens with zero attached hydrogens (tertiary/aromatic N) is 4. The van der Waals surface area contributed by atoms with Gasteiger partial charge in [-0.25, -0.2) is 18.1 Å². The van der Waals surface area contributed by atoms with Crippen LogP contribution in [0.5, 0.6) is 11.5 Å². The summed E-state index contributed by atoms with van der Waals surface area (Å²) in [6, 6.07) is 21.0. The number of fused-ring (bicyclic) bond motifs is 1. The molecule has 14 nitrogen and oxygen atoms in total. The second kappa shape index (κ2) is 35.7. The highest BCUT2D eigenvalue weighted by atomic mass is 35.5. The first-order valence-corrected chi connectivity index (χ1v) is 37.5. The van der Waals surface area contributed by atoms with Gasteiger partial charge < -0.3 is 24.7 Å². The zero-order valence-electron chi connectivity index (χ0n) is 55.3. The lowest BCUT2D eigenvalue weighted by atomic mass is 9.66. The standard InChI is InChI=1S/C75H108ClN7O7S/c1-74(2)44-40-61(68(54-74)59-32-34-63(76)35-33-59)57-81-46-48-82(49-47-81)64-36-38-67(71(52-64)90-65-51-60-41-45-77-72(60)79-56-65)73(84)80-91(87,88)66-37-39-69(70(53-66)83(85)86)78-55-62-31-28-26-24-22-20-18-16-14-12-10-8-6-4-3-5-7-9-11-13-15-17-19-21-23-25-27-29-42-75(62)43-30-50-89-58-75/h32-39,41,45,51-53,56,62,78H,3-31,40,42-44,46-50,54-55,57-58H2,1-2H3,(H,77,79)(H,80,84). The quantitative estimate of drug-likeness (QED) is 0.0757. The summed E-state index contributed by atoms with van der Waals surface area (Å²) in [7, 11) is -4.63. The van der Waals surface area contributed by atoms with Crippen molar-refractivity contribution in [1.29, 1.82) is 0 Å². The third kappa shape index (κ3) is 21.5. The summed E-state index contributed by atoms with van der Waals surface area (Å²) in [5.74, 6) is -0.213. The van der Waals surface area contributed by atoms with Crippen LogP contribution in [-0.2, 0) is 14.8 Å². The van der Waals surface area contributed by atoms with Crippen LogP contribution in [0.25, 0.3) is 16.6 Å². The molecule has 4 aliphatic rings. The Bertz CT molecular complexity index is 3210. The summed E-state index contributed by atoms with van der Waals surface area (Å²) in [6.45, 7) is 10.6. The van der Waals surface area contributed by atoms with Crippen molar-refractivity contribution in [3.8, 4) is 11.5 Å². The largest absolute Gasteiger partial charge is 0.455 e. The van der Waals surface area contributed by atoms with Crippen molar-refractivity contribution in [2.45, 2.75) is 237 Å². The number of sulfonamides is 1. The van der Waals surface area contributed by atoms with E-state index in [2.05, 4.69) is 55.8 Å². The number of rotatable bonds is 13. The molecular formula is C75H108ClN7O7S. The van der Waals surface area contributed by atoms with Gasteiger partial charge in [0.25, 0.3) is 21.6 Å². The van der Waals surface area contributed by atoms with Gasteiger partial charge in [-0.3, -0.25) is 19.8 Å². The zero-order chi connectivity index (χ0) is 63.7. The van der Waals surface area contributed by atoms with E-state index in [0.717, 1.165) is 126 Å². The summed E-state index contributed by atoms with van der Waals surface area (Å²) >= 11 is 6.31. The third-order valence-electron chi connectivity index (χ3n) is 20.5. The lowest BCUT2D eigenvalue weighted by molar-refractivity contribution is -0.384. The molecule has 9 rings (SSSR count). The fourth-order valence-corrected chi connectivity index (χ4v) is 16.0. The molecule has 2 aliphatic heterocycles. The van der Waals surface area contributed by atoms with Crippen molar-refractivity contribution in [1.82, 2.24) is 19.6 Å². The predicted molar refractivity (Wildman–Crippen MR) is 373 cm³/mol. The van der Waals surface area contributed by atoms with Gasteiger partial charge in [0, 0.05) is 80.3 Å². The van der Waals surface area contributed by atoms with Crippen molar-refractivity contribution in [3.05, 3.63) is 117 Å². The number of nitro benzene ring substituents is 1. The van der Waals surface area contributed by atoms with E-state index in [9.17, 15) is 23.3 Å². The van der Waals surface area contributed by atoms with E-state index in [0.29, 0.717) is 24.5 Å². The maximum Gasteiger partial charge on any atom is 0.293 e. The molecule has 0 radical (unpaired) electrons. The SMILES string of the molecule is CC1(C)CCC(CN2CCN(c3ccc(C(=O)NS(=O)(=O)c4ccc(NCC5CCCCCCCCCCCCCCCCCCCCCCCCCCCCCC56CCCOC6)c([N+](=O)[O-])c4)c(Oc4cnc5[nH]ccc5c4)c3)CC2)=C(c2ccc(Cl)cc2)C1. The average Bonchev–Trinajstić information content (AvgIpc) is 1.67. The minimum Gasteiger partial charge on any atom is -0.455 e. The molecule has 0 bridgehead atoms. The lowest BCUT2D eigenvalue weighted by Gasteiger charge is -2.44. The van der Waals surface area contributed by atoms with Gasteiger partial charge in [0.15, 0.2) is 0 Å². The topological polar surface area (TPSA) is 172 Å². The Labute approximate surface area is 550 Å². The molecule has 3 aromatic carbocycles. The number of carbonyl (C=O) groups excluding carboxylic acids is 1. The summed E-state index contributed by atoms with van der Waals surface area (Å²) in [6.07, 6.45) is 46.3. The Kier molecular flexibility index (Phi) is 27.4. The maximum atomic E-state index is 14.4. The van der Waals surface area contributed by atoms with E-state index in [-0.39, 0.29) is 44.3 Å². The Morgan fingerprint density at radius 2 is 1.32 bits per heavy atom. The van der Waals surface area contributed by atoms with Crippen molar-refractivity contribution in [3.63, 3.8) is 0 Å². The van der Waals surface area contributed by atoms with E-state index in [1.807, 2.05) is 30.3 Å². The number of piperazine rings is 1. The molecule has 1 amide bonds. The Hall–Kier alpha value is -5.48. The fourth-order valence-electron chi connectivity index (χ4n) is 14.9. The van der Waals surface area contributed by atoms with Gasteiger partial charge in [0.2, 0.25) is 0 Å². The minimum atomic E-state index is -4.63. The minimum absolute atomic E-state index is 0.0185. The summed E-state index contributed by atoms with van der Waals surface area (Å²) < 4.78 is 43.7. The molecule has 1 spiro atoms. The molecule has 16 heteroatoms. The van der Waals surface area contributed by atoms with Crippen LogP contribution < -0.4 is 19.7 Å². The number of H-pyrrole nitrogens is 1. The van der Waals surface area contributed by atoms with Gasteiger partial charge in [0.05, 0.1) is 28.2 Å². The normalized spacial score (nSPS) is 22.2. The number of nitrogens with one attached hydrogen (secondary N) is 3. The van der Waals surface area contributed by atoms with E-state index >= 15 is 0 Å². The number of benzene rings is 3. The van der Waals surface area contributed by atoms with Crippen LogP contribution in [0.1, 0.15) is 248 Å². The smallest absolute Gasteiger partial charge is 0.293 e. The first kappa shape index (κ1) is 69.9. The number of anilines is 2. The molecule has 2 aliphatic carbocycles. The summed E-state index contributed by atoms with van der Waals surface area (Å²) in [4.78, 5) is 38.8. The number of allylic oxidation sites excluding steroid dienone is 1. The number of pyridine rings is 1. The number of amides is 1. The van der Waals surface area contributed by atoms with Crippen LogP contribution in [0.15, 0.2) is 95.7 Å². The Morgan fingerprint density at radius 3 is 1.91 bits per heavy atom. The van der Waals surface area contributed by atoms with E-state index in [1.54, 1.807) is 24.5 Å². The highest BCUT2D eigenvalue weighted by molar-refractivity contribution is 7.90. The number of carbonyl (C=O) groups is 1. The Morgan fingerprint density at radius 1 is 0.725 bits per heavy atom. The summed E-state index contributed by atoms with van der Waals surface area (Å²) in [5.41, 5.74) is 5.66. The Balaban J connectivity index is 0.861.